The molecule has 0 saturated heterocycles. The Balaban J connectivity index is 3.94. The molecule has 0 aromatic heterocycles. The van der Waals surface area contributed by atoms with Crippen LogP contribution in [0.5, 0.6) is 0 Å². The van der Waals surface area contributed by atoms with Gasteiger partial charge in [-0.2, -0.15) is 0 Å². The van der Waals surface area contributed by atoms with E-state index in [1.54, 1.807) is 0 Å². The second kappa shape index (κ2) is 16.6. The standard InChI is InChI=1S/C23H48O3Si2/c1-8-11-12-13-14-15-16-17-18-19-20-21-24-27(6,9-2)26-28(7,10-3)25-22-23(4)5/h9-10,23H,2-3,8,11-22H2,1,4-7H3. The minimum atomic E-state index is -2.42. The molecule has 5 heteroatoms. The molecule has 0 heterocycles. The molecule has 0 fully saturated rings. The Morgan fingerprint density at radius 2 is 1.14 bits per heavy atom. The van der Waals surface area contributed by atoms with Crippen LogP contribution in [0.15, 0.2) is 24.6 Å². The Hall–Kier alpha value is -0.206. The lowest BCUT2D eigenvalue weighted by molar-refractivity contribution is 0.185. The zero-order valence-electron chi connectivity index (χ0n) is 19.6. The van der Waals surface area contributed by atoms with Crippen LogP contribution in [0.3, 0.4) is 0 Å². The third-order valence-electron chi connectivity index (χ3n) is 4.99. The highest BCUT2D eigenvalue weighted by atomic mass is 28.5. The van der Waals surface area contributed by atoms with E-state index in [4.69, 9.17) is 13.0 Å². The van der Waals surface area contributed by atoms with Gasteiger partial charge in [0.05, 0.1) is 0 Å². The first-order chi connectivity index (χ1) is 13.3. The summed E-state index contributed by atoms with van der Waals surface area (Å²) in [7, 11) is -4.84. The van der Waals surface area contributed by atoms with Gasteiger partial charge < -0.3 is 13.0 Å². The van der Waals surface area contributed by atoms with E-state index < -0.39 is 17.1 Å². The van der Waals surface area contributed by atoms with Crippen molar-refractivity contribution >= 4 is 17.1 Å². The van der Waals surface area contributed by atoms with Crippen molar-refractivity contribution < 1.29 is 13.0 Å². The van der Waals surface area contributed by atoms with E-state index in [9.17, 15) is 0 Å². The first-order valence-electron chi connectivity index (χ1n) is 11.6. The average Bonchev–Trinajstić information content (AvgIpc) is 2.67. The second-order valence-electron chi connectivity index (χ2n) is 8.63. The predicted molar refractivity (Wildman–Crippen MR) is 128 cm³/mol. The number of unbranched alkanes of at least 4 members (excludes halogenated alkanes) is 10. The van der Waals surface area contributed by atoms with Crippen LogP contribution in [0.4, 0.5) is 0 Å². The Bertz CT molecular complexity index is 403. The Labute approximate surface area is 178 Å². The fraction of sp³-hybridized carbons (Fsp3) is 0.826. The van der Waals surface area contributed by atoms with Gasteiger partial charge in [0.1, 0.15) is 0 Å². The minimum absolute atomic E-state index is 0.476. The smallest absolute Gasteiger partial charge is 0.352 e. The first kappa shape index (κ1) is 27.8. The van der Waals surface area contributed by atoms with Crippen molar-refractivity contribution in [1.82, 2.24) is 0 Å². The van der Waals surface area contributed by atoms with E-state index in [1.807, 2.05) is 17.9 Å². The van der Waals surface area contributed by atoms with Crippen molar-refractivity contribution in [3.63, 3.8) is 0 Å². The van der Waals surface area contributed by atoms with Crippen LogP contribution in [-0.2, 0) is 13.0 Å². The monoisotopic (exact) mass is 428 g/mol. The lowest BCUT2D eigenvalue weighted by Gasteiger charge is -2.33. The molecule has 0 saturated carbocycles. The molecule has 0 bridgehead atoms. The highest BCUT2D eigenvalue weighted by Crippen LogP contribution is 2.20. The quantitative estimate of drug-likeness (QED) is 0.148. The molecule has 3 nitrogen and oxygen atoms in total. The SMILES string of the molecule is C=C[Si](C)(OCCCCCCCCCCCCC)O[Si](C)(C=C)OCC(C)C. The molecule has 2 unspecified atom stereocenters. The van der Waals surface area contributed by atoms with Crippen LogP contribution < -0.4 is 0 Å². The van der Waals surface area contributed by atoms with Crippen LogP contribution in [0, 0.1) is 5.92 Å². The second-order valence-corrected chi connectivity index (χ2v) is 14.9. The molecule has 0 amide bonds. The van der Waals surface area contributed by atoms with E-state index >= 15 is 0 Å². The molecule has 0 rings (SSSR count). The van der Waals surface area contributed by atoms with Gasteiger partial charge in [0.15, 0.2) is 0 Å². The third kappa shape index (κ3) is 14.7. The molecular formula is C23H48O3Si2. The predicted octanol–water partition coefficient (Wildman–Crippen LogP) is 7.60. The van der Waals surface area contributed by atoms with Crippen LogP contribution >= 0.6 is 0 Å². The molecule has 0 aliphatic heterocycles. The van der Waals surface area contributed by atoms with Crippen LogP contribution in [0.2, 0.25) is 13.1 Å². The van der Waals surface area contributed by atoms with Crippen LogP contribution in [-0.4, -0.2) is 30.3 Å². The summed E-state index contributed by atoms with van der Waals surface area (Å²) in [6, 6.07) is 0. The van der Waals surface area contributed by atoms with E-state index in [2.05, 4.69) is 40.5 Å². The summed E-state index contributed by atoms with van der Waals surface area (Å²) < 4.78 is 18.6. The molecule has 0 aliphatic rings. The normalized spacial score (nSPS) is 15.9. The van der Waals surface area contributed by atoms with Crippen molar-refractivity contribution in [1.29, 1.82) is 0 Å². The van der Waals surface area contributed by atoms with Crippen LogP contribution in [0.25, 0.3) is 0 Å². The topological polar surface area (TPSA) is 27.7 Å². The van der Waals surface area contributed by atoms with Gasteiger partial charge in [0.25, 0.3) is 0 Å². The molecular weight excluding hydrogens is 380 g/mol. The molecule has 0 radical (unpaired) electrons. The van der Waals surface area contributed by atoms with E-state index in [-0.39, 0.29) is 0 Å². The summed E-state index contributed by atoms with van der Waals surface area (Å²) in [6.45, 7) is 20.0. The highest BCUT2D eigenvalue weighted by molar-refractivity contribution is 6.84. The average molecular weight is 429 g/mol. The van der Waals surface area contributed by atoms with Crippen molar-refractivity contribution in [3.05, 3.63) is 24.6 Å². The fourth-order valence-electron chi connectivity index (χ4n) is 3.04. The zero-order valence-corrected chi connectivity index (χ0v) is 21.6. The lowest BCUT2D eigenvalue weighted by atomic mass is 10.1. The Morgan fingerprint density at radius 1 is 0.714 bits per heavy atom. The van der Waals surface area contributed by atoms with Gasteiger partial charge in [-0.1, -0.05) is 96.4 Å². The van der Waals surface area contributed by atoms with Gasteiger partial charge >= 0.3 is 17.1 Å². The fourth-order valence-corrected chi connectivity index (χ4v) is 8.84. The molecule has 0 aromatic rings. The lowest BCUT2D eigenvalue weighted by Crippen LogP contribution is -2.50. The van der Waals surface area contributed by atoms with E-state index in [0.29, 0.717) is 12.5 Å². The summed E-state index contributed by atoms with van der Waals surface area (Å²) in [4.78, 5) is 0. The van der Waals surface area contributed by atoms with Crippen molar-refractivity contribution in [2.24, 2.45) is 5.92 Å². The Kier molecular flexibility index (Phi) is 16.5. The summed E-state index contributed by atoms with van der Waals surface area (Å²) in [5, 5.41) is 0. The van der Waals surface area contributed by atoms with Gasteiger partial charge in [-0.25, -0.2) is 0 Å². The number of hydrogen-bond acceptors (Lipinski definition) is 3. The van der Waals surface area contributed by atoms with Gasteiger partial charge in [0, 0.05) is 13.2 Å². The summed E-state index contributed by atoms with van der Waals surface area (Å²) in [5.74, 6) is 0.476. The first-order valence-corrected chi connectivity index (χ1v) is 16.3. The van der Waals surface area contributed by atoms with E-state index in [1.165, 1.54) is 64.2 Å². The third-order valence-corrected chi connectivity index (χ3v) is 11.2. The van der Waals surface area contributed by atoms with Crippen molar-refractivity contribution in [2.45, 2.75) is 104 Å². The Morgan fingerprint density at radius 3 is 1.57 bits per heavy atom. The molecule has 166 valence electrons. The van der Waals surface area contributed by atoms with Gasteiger partial charge in [-0.05, 0) is 25.4 Å². The number of hydrogen-bond donors (Lipinski definition) is 0. The highest BCUT2D eigenvalue weighted by Gasteiger charge is 2.39. The summed E-state index contributed by atoms with van der Waals surface area (Å²) in [5.41, 5.74) is 3.73. The molecule has 0 N–H and O–H groups in total. The largest absolute Gasteiger partial charge is 0.409 e. The summed E-state index contributed by atoms with van der Waals surface area (Å²) >= 11 is 0. The molecule has 0 aromatic carbocycles. The molecule has 28 heavy (non-hydrogen) atoms. The molecule has 0 spiro atoms. The maximum atomic E-state index is 6.37. The van der Waals surface area contributed by atoms with E-state index in [0.717, 1.165) is 13.0 Å². The van der Waals surface area contributed by atoms with Gasteiger partial charge in [-0.15, -0.1) is 13.2 Å². The minimum Gasteiger partial charge on any atom is -0.409 e. The zero-order chi connectivity index (χ0) is 21.3. The molecule has 0 aliphatic carbocycles. The number of rotatable bonds is 20. The summed E-state index contributed by atoms with van der Waals surface area (Å²) in [6.07, 6.45) is 14.7. The van der Waals surface area contributed by atoms with Gasteiger partial charge in [-0.3, -0.25) is 0 Å². The van der Waals surface area contributed by atoms with Crippen LogP contribution in [0.1, 0.15) is 91.4 Å². The van der Waals surface area contributed by atoms with Crippen molar-refractivity contribution in [2.75, 3.05) is 13.2 Å². The molecule has 2 atom stereocenters. The van der Waals surface area contributed by atoms with Crippen molar-refractivity contribution in [3.8, 4) is 0 Å². The van der Waals surface area contributed by atoms with Gasteiger partial charge in [0.2, 0.25) is 0 Å². The maximum Gasteiger partial charge on any atom is 0.352 e. The maximum absolute atomic E-state index is 6.37.